The maximum absolute atomic E-state index is 12.4. The van der Waals surface area contributed by atoms with Crippen LogP contribution in [0.4, 0.5) is 5.69 Å². The van der Waals surface area contributed by atoms with Crippen LogP contribution in [0, 0.1) is 0 Å². The number of amides is 1. The smallest absolute Gasteiger partial charge is 0.243 e. The highest BCUT2D eigenvalue weighted by molar-refractivity contribution is 7.92. The number of carbonyl (C=O) groups is 1. The molecule has 5 nitrogen and oxygen atoms in total. The van der Waals surface area contributed by atoms with Crippen molar-refractivity contribution in [3.63, 3.8) is 0 Å². The minimum absolute atomic E-state index is 0.344. The summed E-state index contributed by atoms with van der Waals surface area (Å²) in [4.78, 5) is 12.4. The molecule has 0 unspecified atom stereocenters. The van der Waals surface area contributed by atoms with Gasteiger partial charge in [-0.2, -0.15) is 0 Å². The first-order chi connectivity index (χ1) is 10.9. The van der Waals surface area contributed by atoms with Crippen molar-refractivity contribution in [2.75, 3.05) is 10.6 Å². The van der Waals surface area contributed by atoms with Gasteiger partial charge in [-0.15, -0.1) is 0 Å². The molecule has 0 heterocycles. The van der Waals surface area contributed by atoms with Gasteiger partial charge in [0.25, 0.3) is 0 Å². The lowest BCUT2D eigenvalue weighted by Crippen LogP contribution is -2.47. The first kappa shape index (κ1) is 17.0. The van der Waals surface area contributed by atoms with Gasteiger partial charge in [0, 0.05) is 6.54 Å². The zero-order chi connectivity index (χ0) is 16.9. The van der Waals surface area contributed by atoms with E-state index >= 15 is 0 Å². The summed E-state index contributed by atoms with van der Waals surface area (Å²) in [5.41, 5.74) is 1.43. The molecule has 1 amide bonds. The fraction of sp³-hybridized carbons (Fsp3) is 0.235. The summed E-state index contributed by atoms with van der Waals surface area (Å²) in [7, 11) is -3.57. The number of para-hydroxylation sites is 1. The number of hydrogen-bond donors (Lipinski definition) is 1. The summed E-state index contributed by atoms with van der Waals surface area (Å²) in [6.45, 7) is 1.94. The van der Waals surface area contributed by atoms with Crippen LogP contribution in [0.2, 0.25) is 0 Å². The van der Waals surface area contributed by atoms with Crippen molar-refractivity contribution in [1.29, 1.82) is 0 Å². The molecule has 2 rings (SSSR count). The number of anilines is 1. The zero-order valence-electron chi connectivity index (χ0n) is 13.1. The van der Waals surface area contributed by atoms with Crippen molar-refractivity contribution in [1.82, 2.24) is 5.32 Å². The molecule has 0 fully saturated rings. The van der Waals surface area contributed by atoms with Gasteiger partial charge in [-0.25, -0.2) is 8.42 Å². The molecule has 2 aromatic rings. The highest BCUT2D eigenvalue weighted by Gasteiger charge is 2.28. The van der Waals surface area contributed by atoms with Crippen molar-refractivity contribution >= 4 is 21.6 Å². The Bertz CT molecular complexity index is 746. The average molecular weight is 332 g/mol. The van der Waals surface area contributed by atoms with Gasteiger partial charge in [0.2, 0.25) is 15.9 Å². The Balaban J connectivity index is 2.14. The zero-order valence-corrected chi connectivity index (χ0v) is 14.0. The maximum Gasteiger partial charge on any atom is 0.243 e. The van der Waals surface area contributed by atoms with Gasteiger partial charge < -0.3 is 5.32 Å². The number of carbonyl (C=O) groups excluding carboxylic acids is 1. The Morgan fingerprint density at radius 1 is 1.04 bits per heavy atom. The lowest BCUT2D eigenvalue weighted by Gasteiger charge is -2.28. The summed E-state index contributed by atoms with van der Waals surface area (Å²) in [6.07, 6.45) is 1.10. The first-order valence-corrected chi connectivity index (χ1v) is 9.10. The molecular formula is C17H20N2O3S. The van der Waals surface area contributed by atoms with Crippen molar-refractivity contribution in [2.24, 2.45) is 0 Å². The quantitative estimate of drug-likeness (QED) is 0.881. The van der Waals surface area contributed by atoms with Gasteiger partial charge in [0.1, 0.15) is 6.04 Å². The average Bonchev–Trinajstić information content (AvgIpc) is 2.53. The highest BCUT2D eigenvalue weighted by Crippen LogP contribution is 2.20. The fourth-order valence-electron chi connectivity index (χ4n) is 2.32. The van der Waals surface area contributed by atoms with Crippen LogP contribution >= 0.6 is 0 Å². The van der Waals surface area contributed by atoms with Gasteiger partial charge in [-0.05, 0) is 24.6 Å². The monoisotopic (exact) mass is 332 g/mol. The van der Waals surface area contributed by atoms with Gasteiger partial charge >= 0.3 is 0 Å². The van der Waals surface area contributed by atoms with Crippen molar-refractivity contribution in [3.8, 4) is 0 Å². The van der Waals surface area contributed by atoms with E-state index in [0.29, 0.717) is 12.2 Å². The van der Waals surface area contributed by atoms with Crippen LogP contribution in [0.15, 0.2) is 60.7 Å². The molecule has 0 aliphatic carbocycles. The van der Waals surface area contributed by atoms with E-state index in [1.165, 1.54) is 0 Å². The van der Waals surface area contributed by atoms with Crippen molar-refractivity contribution in [3.05, 3.63) is 66.2 Å². The second kappa shape index (κ2) is 7.28. The maximum atomic E-state index is 12.4. The van der Waals surface area contributed by atoms with E-state index in [0.717, 1.165) is 16.1 Å². The summed E-state index contributed by atoms with van der Waals surface area (Å²) in [5.74, 6) is -0.344. The van der Waals surface area contributed by atoms with Crippen LogP contribution < -0.4 is 9.62 Å². The number of sulfonamides is 1. The van der Waals surface area contributed by atoms with Crippen LogP contribution in [0.1, 0.15) is 12.5 Å². The van der Waals surface area contributed by atoms with E-state index in [-0.39, 0.29) is 5.91 Å². The third kappa shape index (κ3) is 4.56. The fourth-order valence-corrected chi connectivity index (χ4v) is 3.49. The van der Waals surface area contributed by atoms with E-state index in [1.807, 2.05) is 30.3 Å². The number of nitrogens with zero attached hydrogens (tertiary/aromatic N) is 1. The minimum atomic E-state index is -3.57. The van der Waals surface area contributed by atoms with Gasteiger partial charge in [-0.1, -0.05) is 48.5 Å². The van der Waals surface area contributed by atoms with Crippen LogP contribution in [0.5, 0.6) is 0 Å². The molecule has 0 radical (unpaired) electrons. The van der Waals surface area contributed by atoms with E-state index in [1.54, 1.807) is 37.3 Å². The molecule has 0 aliphatic heterocycles. The van der Waals surface area contributed by atoms with Crippen molar-refractivity contribution < 1.29 is 13.2 Å². The standard InChI is InChI=1S/C17H20N2O3S/c1-14(17(20)18-13-15-9-5-3-6-10-15)19(23(2,21)22)16-11-7-4-8-12-16/h3-12,14H,13H2,1-2H3,(H,18,20)/t14-/m1/s1. The largest absolute Gasteiger partial charge is 0.350 e. The number of rotatable bonds is 6. The van der Waals surface area contributed by atoms with Crippen LogP contribution in [-0.2, 0) is 21.4 Å². The molecule has 0 spiro atoms. The molecule has 0 aromatic heterocycles. The van der Waals surface area contributed by atoms with E-state index in [4.69, 9.17) is 0 Å². The Kier molecular flexibility index (Phi) is 5.39. The van der Waals surface area contributed by atoms with E-state index in [9.17, 15) is 13.2 Å². The summed E-state index contributed by atoms with van der Waals surface area (Å²) in [5, 5.41) is 2.78. The Morgan fingerprint density at radius 2 is 1.57 bits per heavy atom. The molecule has 0 saturated heterocycles. The number of nitrogens with one attached hydrogen (secondary N) is 1. The van der Waals surface area contributed by atoms with Gasteiger partial charge in [0.15, 0.2) is 0 Å². The molecule has 23 heavy (non-hydrogen) atoms. The number of hydrogen-bond acceptors (Lipinski definition) is 3. The molecule has 6 heteroatoms. The minimum Gasteiger partial charge on any atom is -0.350 e. The van der Waals surface area contributed by atoms with Crippen LogP contribution in [0.25, 0.3) is 0 Å². The second-order valence-electron chi connectivity index (χ2n) is 5.27. The first-order valence-electron chi connectivity index (χ1n) is 7.25. The topological polar surface area (TPSA) is 66.5 Å². The summed E-state index contributed by atoms with van der Waals surface area (Å²) in [6, 6.07) is 17.2. The lowest BCUT2D eigenvalue weighted by atomic mass is 10.2. The Hall–Kier alpha value is -2.34. The second-order valence-corrected chi connectivity index (χ2v) is 7.13. The molecule has 0 bridgehead atoms. The van der Waals surface area contributed by atoms with Gasteiger partial charge in [-0.3, -0.25) is 9.10 Å². The normalized spacial score (nSPS) is 12.4. The SMILES string of the molecule is C[C@H](C(=O)NCc1ccccc1)N(c1ccccc1)S(C)(=O)=O. The lowest BCUT2D eigenvalue weighted by molar-refractivity contribution is -0.122. The molecule has 1 N–H and O–H groups in total. The van der Waals surface area contributed by atoms with Gasteiger partial charge in [0.05, 0.1) is 11.9 Å². The third-order valence-electron chi connectivity index (χ3n) is 3.41. The Labute approximate surface area is 137 Å². The number of benzene rings is 2. The highest BCUT2D eigenvalue weighted by atomic mass is 32.2. The molecule has 122 valence electrons. The van der Waals surface area contributed by atoms with E-state index in [2.05, 4.69) is 5.32 Å². The predicted octanol–water partition coefficient (Wildman–Crippen LogP) is 2.16. The van der Waals surface area contributed by atoms with Crippen molar-refractivity contribution in [2.45, 2.75) is 19.5 Å². The Morgan fingerprint density at radius 3 is 2.09 bits per heavy atom. The molecule has 2 aromatic carbocycles. The van der Waals surface area contributed by atoms with E-state index < -0.39 is 16.1 Å². The summed E-state index contributed by atoms with van der Waals surface area (Å²) < 4.78 is 25.3. The summed E-state index contributed by atoms with van der Waals surface area (Å²) >= 11 is 0. The predicted molar refractivity (Wildman–Crippen MR) is 91.5 cm³/mol. The molecule has 1 atom stereocenters. The molecule has 0 saturated carbocycles. The third-order valence-corrected chi connectivity index (χ3v) is 4.65. The van der Waals surface area contributed by atoms with Crippen LogP contribution in [-0.4, -0.2) is 26.6 Å². The van der Waals surface area contributed by atoms with Crippen LogP contribution in [0.3, 0.4) is 0 Å². The molecule has 0 aliphatic rings. The molecular weight excluding hydrogens is 312 g/mol.